The Hall–Kier alpha value is -3.73. The molecule has 1 N–H and O–H groups in total. The number of amides is 1. The van der Waals surface area contributed by atoms with Gasteiger partial charge in [-0.1, -0.05) is 54.6 Å². The second kappa shape index (κ2) is 8.33. The van der Waals surface area contributed by atoms with E-state index >= 15 is 0 Å². The van der Waals surface area contributed by atoms with Gasteiger partial charge >= 0.3 is 0 Å². The van der Waals surface area contributed by atoms with Gasteiger partial charge in [0.1, 0.15) is 5.69 Å². The monoisotopic (exact) mass is 397 g/mol. The number of nitrogens with zero attached hydrogens (tertiary/aromatic N) is 2. The molecule has 0 spiro atoms. The van der Waals surface area contributed by atoms with Gasteiger partial charge in [-0.2, -0.15) is 0 Å². The van der Waals surface area contributed by atoms with Crippen molar-refractivity contribution in [3.8, 4) is 0 Å². The minimum atomic E-state index is -0.125. The fraction of sp³-hybridized carbons (Fsp3) is 0.160. The van der Waals surface area contributed by atoms with E-state index < -0.39 is 0 Å². The number of aromatic nitrogens is 2. The van der Waals surface area contributed by atoms with E-state index in [1.807, 2.05) is 73.7 Å². The number of hydrogen-bond donors (Lipinski definition) is 1. The van der Waals surface area contributed by atoms with Gasteiger partial charge < -0.3 is 9.88 Å². The van der Waals surface area contributed by atoms with E-state index in [1.54, 1.807) is 23.6 Å². The maximum absolute atomic E-state index is 12.7. The molecule has 4 aromatic rings. The molecule has 5 heteroatoms. The molecule has 150 valence electrons. The highest BCUT2D eigenvalue weighted by atomic mass is 16.1. The predicted molar refractivity (Wildman–Crippen MR) is 119 cm³/mol. The van der Waals surface area contributed by atoms with Crippen molar-refractivity contribution < 1.29 is 4.79 Å². The third-order valence-electron chi connectivity index (χ3n) is 5.22. The maximum Gasteiger partial charge on any atom is 0.272 e. The first-order chi connectivity index (χ1) is 14.5. The van der Waals surface area contributed by atoms with E-state index in [0.29, 0.717) is 17.8 Å². The Morgan fingerprint density at radius 1 is 0.967 bits per heavy atom. The maximum atomic E-state index is 12.7. The van der Waals surface area contributed by atoms with Crippen LogP contribution in [0, 0.1) is 6.92 Å². The molecule has 1 amide bonds. The number of carbonyl (C=O) groups is 1. The van der Waals surface area contributed by atoms with Gasteiger partial charge in [0.2, 0.25) is 0 Å². The summed E-state index contributed by atoms with van der Waals surface area (Å²) in [6.45, 7) is 4.11. The number of carbonyl (C=O) groups excluding carboxylic acids is 1. The third kappa shape index (κ3) is 4.01. The molecule has 0 aliphatic carbocycles. The molecule has 0 radical (unpaired) electrons. The lowest BCUT2D eigenvalue weighted by molar-refractivity contribution is 0.0940. The predicted octanol–water partition coefficient (Wildman–Crippen LogP) is 4.24. The highest BCUT2D eigenvalue weighted by Gasteiger charge is 2.12. The van der Waals surface area contributed by atoms with E-state index in [9.17, 15) is 9.59 Å². The summed E-state index contributed by atoms with van der Waals surface area (Å²) in [7, 11) is 0. The molecular formula is C25H23N3O2. The molecule has 0 saturated heterocycles. The molecule has 0 bridgehead atoms. The summed E-state index contributed by atoms with van der Waals surface area (Å²) in [5.74, 6) is -0.125. The molecule has 30 heavy (non-hydrogen) atoms. The van der Waals surface area contributed by atoms with E-state index in [2.05, 4.69) is 10.3 Å². The van der Waals surface area contributed by atoms with E-state index in [4.69, 9.17) is 0 Å². The molecule has 0 aliphatic heterocycles. The molecule has 5 nitrogen and oxygen atoms in total. The molecule has 0 aliphatic rings. The van der Waals surface area contributed by atoms with Crippen LogP contribution >= 0.6 is 0 Å². The lowest BCUT2D eigenvalue weighted by atomic mass is 10.1. The Morgan fingerprint density at radius 2 is 1.63 bits per heavy atom. The molecule has 0 fully saturated rings. The first-order valence-electron chi connectivity index (χ1n) is 9.94. The number of rotatable bonds is 5. The minimum absolute atomic E-state index is 0.0805. The molecule has 0 saturated carbocycles. The summed E-state index contributed by atoms with van der Waals surface area (Å²) in [6, 6.07) is 24.8. The van der Waals surface area contributed by atoms with Gasteiger partial charge in [-0.15, -0.1) is 0 Å². The quantitative estimate of drug-likeness (QED) is 0.548. The third-order valence-corrected chi connectivity index (χ3v) is 5.22. The normalized spacial score (nSPS) is 11.9. The van der Waals surface area contributed by atoms with Gasteiger partial charge in [-0.3, -0.25) is 9.59 Å². The lowest BCUT2D eigenvalue weighted by Crippen LogP contribution is -2.26. The largest absolute Gasteiger partial charge is 0.346 e. The Labute approximate surface area is 175 Å². The highest BCUT2D eigenvalue weighted by molar-refractivity contribution is 5.94. The summed E-state index contributed by atoms with van der Waals surface area (Å²) in [5.41, 5.74) is 4.55. The van der Waals surface area contributed by atoms with Gasteiger partial charge in [0.05, 0.1) is 23.6 Å². The van der Waals surface area contributed by atoms with Crippen molar-refractivity contribution in [3.05, 3.63) is 112 Å². The van der Waals surface area contributed by atoms with Crippen molar-refractivity contribution in [2.45, 2.75) is 26.4 Å². The Morgan fingerprint density at radius 3 is 2.37 bits per heavy atom. The van der Waals surface area contributed by atoms with Crippen molar-refractivity contribution >= 4 is 16.9 Å². The first kappa shape index (κ1) is 19.6. The van der Waals surface area contributed by atoms with Crippen molar-refractivity contribution in [2.75, 3.05) is 0 Å². The number of hydrogen-bond acceptors (Lipinski definition) is 3. The number of benzene rings is 3. The van der Waals surface area contributed by atoms with Crippen LogP contribution in [0.25, 0.3) is 11.0 Å². The van der Waals surface area contributed by atoms with Crippen LogP contribution in [0.1, 0.15) is 40.1 Å². The summed E-state index contributed by atoms with van der Waals surface area (Å²) in [6.07, 6.45) is 0. The van der Waals surface area contributed by atoms with Crippen molar-refractivity contribution in [1.82, 2.24) is 14.9 Å². The van der Waals surface area contributed by atoms with Gasteiger partial charge in [-0.25, -0.2) is 4.98 Å². The first-order valence-corrected chi connectivity index (χ1v) is 9.94. The summed E-state index contributed by atoms with van der Waals surface area (Å²) < 4.78 is 1.73. The van der Waals surface area contributed by atoms with Gasteiger partial charge in [0.15, 0.2) is 0 Å². The fourth-order valence-electron chi connectivity index (χ4n) is 3.53. The van der Waals surface area contributed by atoms with Crippen LogP contribution < -0.4 is 10.9 Å². The topological polar surface area (TPSA) is 64.0 Å². The number of nitrogens with one attached hydrogen (secondary N) is 1. The zero-order chi connectivity index (χ0) is 21.1. The summed E-state index contributed by atoms with van der Waals surface area (Å²) in [5, 5.41) is 3.02. The van der Waals surface area contributed by atoms with Gasteiger partial charge in [0.25, 0.3) is 11.5 Å². The van der Waals surface area contributed by atoms with E-state index in [0.717, 1.165) is 22.2 Å². The summed E-state index contributed by atoms with van der Waals surface area (Å²) in [4.78, 5) is 29.6. The van der Waals surface area contributed by atoms with E-state index in [1.165, 1.54) is 0 Å². The van der Waals surface area contributed by atoms with Crippen molar-refractivity contribution in [2.24, 2.45) is 0 Å². The average Bonchev–Trinajstić information content (AvgIpc) is 2.78. The van der Waals surface area contributed by atoms with Crippen molar-refractivity contribution in [1.29, 1.82) is 0 Å². The van der Waals surface area contributed by atoms with E-state index in [-0.39, 0.29) is 17.5 Å². The van der Waals surface area contributed by atoms with Crippen LogP contribution in [-0.4, -0.2) is 15.5 Å². The lowest BCUT2D eigenvalue weighted by Gasteiger charge is -2.15. The van der Waals surface area contributed by atoms with Crippen LogP contribution in [0.3, 0.4) is 0 Å². The van der Waals surface area contributed by atoms with Crippen LogP contribution in [0.4, 0.5) is 0 Å². The molecule has 1 atom stereocenters. The Kier molecular flexibility index (Phi) is 5.44. The second-order valence-electron chi connectivity index (χ2n) is 7.38. The summed E-state index contributed by atoms with van der Waals surface area (Å²) >= 11 is 0. The molecule has 4 rings (SSSR count). The van der Waals surface area contributed by atoms with Crippen LogP contribution in [0.15, 0.2) is 83.7 Å². The highest BCUT2D eigenvalue weighted by Crippen LogP contribution is 2.15. The van der Waals surface area contributed by atoms with Gasteiger partial charge in [-0.05, 0) is 49.2 Å². The zero-order valence-corrected chi connectivity index (χ0v) is 17.0. The number of fused-ring (bicyclic) bond motifs is 1. The fourth-order valence-corrected chi connectivity index (χ4v) is 3.53. The molecule has 1 heterocycles. The van der Waals surface area contributed by atoms with Gasteiger partial charge in [0, 0.05) is 5.56 Å². The SMILES string of the molecule is Cc1nc2ccccc2n(Cc2ccc(C(=O)N[C@H](C)c3ccccc3)cc2)c1=O. The smallest absolute Gasteiger partial charge is 0.272 e. The zero-order valence-electron chi connectivity index (χ0n) is 17.0. The molecule has 3 aromatic carbocycles. The standard InChI is InChI=1S/C25H23N3O2/c1-17(20-8-4-3-5-9-20)27-24(29)21-14-12-19(13-15-21)16-28-23-11-7-6-10-22(23)26-18(2)25(28)30/h3-15,17H,16H2,1-2H3,(H,27,29)/t17-/m1/s1. The minimum Gasteiger partial charge on any atom is -0.346 e. The average molecular weight is 397 g/mol. The Bertz CT molecular complexity index is 1250. The van der Waals surface area contributed by atoms with Crippen LogP contribution in [0.2, 0.25) is 0 Å². The molecular weight excluding hydrogens is 374 g/mol. The second-order valence-corrected chi connectivity index (χ2v) is 7.38. The molecule has 0 unspecified atom stereocenters. The number of para-hydroxylation sites is 2. The molecule has 1 aromatic heterocycles. The van der Waals surface area contributed by atoms with Crippen LogP contribution in [0.5, 0.6) is 0 Å². The Balaban J connectivity index is 1.54. The van der Waals surface area contributed by atoms with Crippen molar-refractivity contribution in [3.63, 3.8) is 0 Å². The number of aryl methyl sites for hydroxylation is 1. The van der Waals surface area contributed by atoms with Crippen LogP contribution in [-0.2, 0) is 6.54 Å².